The number of phenolic OH excluding ortho intramolecular Hbond substituents is 4. The van der Waals surface area contributed by atoms with E-state index in [-0.39, 0.29) is 61.6 Å². The van der Waals surface area contributed by atoms with Crippen LogP contribution in [-0.4, -0.2) is 26.7 Å². The molecule has 0 aliphatic heterocycles. The zero-order valence-corrected chi connectivity index (χ0v) is 21.6. The van der Waals surface area contributed by atoms with E-state index in [0.29, 0.717) is 0 Å². The van der Waals surface area contributed by atoms with Crippen LogP contribution in [0.25, 0.3) is 33.0 Å². The van der Waals surface area contributed by atoms with Crippen LogP contribution in [-0.2, 0) is 0 Å². The number of aldehydes is 1. The van der Waals surface area contributed by atoms with Crippen LogP contribution in [0.4, 0.5) is 0 Å². The lowest BCUT2D eigenvalue weighted by Crippen LogP contribution is -2.35. The fourth-order valence-electron chi connectivity index (χ4n) is 5.39. The maximum atomic E-state index is 13.8. The third kappa shape index (κ3) is 3.34. The summed E-state index contributed by atoms with van der Waals surface area (Å²) in [6.07, 6.45) is 0.193. The van der Waals surface area contributed by atoms with E-state index >= 15 is 0 Å². The molecule has 9 heteroatoms. The smallest absolute Gasteiger partial charge is 0.229 e. The van der Waals surface area contributed by atoms with Gasteiger partial charge in [-0.1, -0.05) is 27.7 Å². The Hall–Kier alpha value is -4.53. The lowest BCUT2D eigenvalue weighted by molar-refractivity contribution is 0.112. The Morgan fingerprint density at radius 2 is 1.21 bits per heavy atom. The molecule has 2 aromatic carbocycles. The van der Waals surface area contributed by atoms with Gasteiger partial charge in [-0.2, -0.15) is 0 Å². The topological polar surface area (TPSA) is 166 Å². The molecule has 0 unspecified atom stereocenters. The number of rotatable bonds is 4. The van der Waals surface area contributed by atoms with Crippen LogP contribution in [0.3, 0.4) is 0 Å². The number of hydrogen-bond donors (Lipinski definition) is 4. The fraction of sp³-hybridized carbons (Fsp3) is 0.276. The normalized spacial score (nSPS) is 11.8. The quantitative estimate of drug-likeness (QED) is 0.137. The second-order valence-electron chi connectivity index (χ2n) is 10.1. The first-order valence-corrected chi connectivity index (χ1v) is 11.9. The highest BCUT2D eigenvalue weighted by molar-refractivity contribution is 6.13. The van der Waals surface area contributed by atoms with Gasteiger partial charge in [-0.3, -0.25) is 24.0 Å². The highest BCUT2D eigenvalue weighted by Crippen LogP contribution is 2.53. The van der Waals surface area contributed by atoms with Crippen LogP contribution in [0, 0.1) is 13.8 Å². The molecule has 0 heterocycles. The van der Waals surface area contributed by atoms with Gasteiger partial charge in [0.1, 0.15) is 11.5 Å². The minimum absolute atomic E-state index is 0.0373. The Labute approximate surface area is 215 Å². The first kappa shape index (κ1) is 26.5. The molecule has 38 heavy (non-hydrogen) atoms. The van der Waals surface area contributed by atoms with Crippen molar-refractivity contribution in [2.75, 3.05) is 0 Å². The summed E-state index contributed by atoms with van der Waals surface area (Å²) in [5, 5.41) is 43.5. The Morgan fingerprint density at radius 1 is 0.632 bits per heavy atom. The predicted octanol–water partition coefficient (Wildman–Crippen LogP) is 3.43. The zero-order valence-electron chi connectivity index (χ0n) is 21.6. The second kappa shape index (κ2) is 8.79. The molecule has 0 radical (unpaired) electrons. The van der Waals surface area contributed by atoms with E-state index in [1.807, 2.05) is 0 Å². The summed E-state index contributed by atoms with van der Waals surface area (Å²) in [7, 11) is 0. The summed E-state index contributed by atoms with van der Waals surface area (Å²) in [5.74, 6) is -3.62. The first-order valence-electron chi connectivity index (χ1n) is 11.9. The monoisotopic (exact) mass is 518 g/mol. The van der Waals surface area contributed by atoms with Crippen molar-refractivity contribution in [3.63, 3.8) is 0 Å². The fourth-order valence-corrected chi connectivity index (χ4v) is 5.39. The minimum atomic E-state index is -0.958. The SMILES string of the molecule is Cc1c(-c2c(C)c(=O)c3c(C(C)C)c(=O)c(=O)cc-3c2=O)c(O)c2c(C=O)c(O)c(O)c(C(C)C)c2c1O. The number of phenols is 4. The van der Waals surface area contributed by atoms with Crippen molar-refractivity contribution in [3.8, 4) is 45.3 Å². The van der Waals surface area contributed by atoms with E-state index in [4.69, 9.17) is 0 Å². The van der Waals surface area contributed by atoms with Gasteiger partial charge in [-0.15, -0.1) is 0 Å². The summed E-state index contributed by atoms with van der Waals surface area (Å²) in [4.78, 5) is 64.3. The van der Waals surface area contributed by atoms with Crippen molar-refractivity contribution >= 4 is 17.1 Å². The molecule has 0 bridgehead atoms. The Kier molecular flexibility index (Phi) is 6.14. The molecule has 2 aromatic rings. The summed E-state index contributed by atoms with van der Waals surface area (Å²) in [5.41, 5.74) is -5.12. The third-order valence-electron chi connectivity index (χ3n) is 7.18. The van der Waals surface area contributed by atoms with Gasteiger partial charge in [0.05, 0.1) is 5.56 Å². The summed E-state index contributed by atoms with van der Waals surface area (Å²) in [6, 6.07) is 0.807. The maximum Gasteiger partial charge on any atom is 0.229 e. The van der Waals surface area contributed by atoms with Gasteiger partial charge >= 0.3 is 0 Å². The molecule has 0 atom stereocenters. The summed E-state index contributed by atoms with van der Waals surface area (Å²) < 4.78 is 0. The predicted molar refractivity (Wildman–Crippen MR) is 143 cm³/mol. The van der Waals surface area contributed by atoms with E-state index in [9.17, 15) is 44.4 Å². The van der Waals surface area contributed by atoms with Gasteiger partial charge in [-0.05, 0) is 25.7 Å². The number of aromatic hydroxyl groups is 4. The number of hydrogen-bond acceptors (Lipinski definition) is 9. The van der Waals surface area contributed by atoms with Gasteiger partial charge in [0.15, 0.2) is 28.6 Å². The van der Waals surface area contributed by atoms with E-state index < -0.39 is 62.1 Å². The van der Waals surface area contributed by atoms with Crippen molar-refractivity contribution in [3.05, 3.63) is 74.8 Å². The summed E-state index contributed by atoms with van der Waals surface area (Å²) >= 11 is 0. The van der Waals surface area contributed by atoms with Crippen LogP contribution in [0.2, 0.25) is 0 Å². The summed E-state index contributed by atoms with van der Waals surface area (Å²) in [6.45, 7) is 9.28. The van der Waals surface area contributed by atoms with Gasteiger partial charge in [0.25, 0.3) is 0 Å². The van der Waals surface area contributed by atoms with Gasteiger partial charge in [0.2, 0.25) is 10.9 Å². The number of fused-ring (bicyclic) bond motifs is 2. The maximum absolute atomic E-state index is 13.8. The standard InChI is InChI=1S/C29H26O9/c1-9(2)16-20-13(7-15(31)27(16)36)25(34)18(11(5)23(20)32)19-12(6)24(33)22-17(10(3)4)29(38)26(35)14(8-30)21(22)28(19)37/h7-10,33,35,37-38H,1-6H3. The second-order valence-corrected chi connectivity index (χ2v) is 10.1. The molecule has 2 aliphatic carbocycles. The number of benzene rings is 4. The van der Waals surface area contributed by atoms with Gasteiger partial charge in [-0.25, -0.2) is 0 Å². The molecular formula is C29H26O9. The highest BCUT2D eigenvalue weighted by Gasteiger charge is 2.32. The number of carbonyl (C=O) groups excluding carboxylic acids is 1. The molecule has 4 N–H and O–H groups in total. The molecule has 4 rings (SSSR count). The van der Waals surface area contributed by atoms with Gasteiger partial charge < -0.3 is 20.4 Å². The van der Waals surface area contributed by atoms with Crippen molar-refractivity contribution in [1.29, 1.82) is 0 Å². The number of carbonyl (C=O) groups is 1. The Bertz CT molecular complexity index is 1870. The average molecular weight is 519 g/mol. The molecule has 0 fully saturated rings. The molecule has 0 aromatic heterocycles. The third-order valence-corrected chi connectivity index (χ3v) is 7.18. The lowest BCUT2D eigenvalue weighted by atomic mass is 9.82. The van der Waals surface area contributed by atoms with E-state index in [1.54, 1.807) is 27.7 Å². The lowest BCUT2D eigenvalue weighted by Gasteiger charge is -2.22. The molecule has 0 saturated heterocycles. The van der Waals surface area contributed by atoms with Crippen LogP contribution in [0.15, 0.2) is 25.2 Å². The largest absolute Gasteiger partial charge is 0.507 e. The first-order chi connectivity index (χ1) is 17.7. The Morgan fingerprint density at radius 3 is 1.74 bits per heavy atom. The van der Waals surface area contributed by atoms with Crippen molar-refractivity contribution in [1.82, 2.24) is 0 Å². The molecule has 0 amide bonds. The molecule has 196 valence electrons. The van der Waals surface area contributed by atoms with Crippen LogP contribution in [0.5, 0.6) is 23.0 Å². The highest BCUT2D eigenvalue weighted by atomic mass is 16.3. The van der Waals surface area contributed by atoms with E-state index in [0.717, 1.165) is 6.07 Å². The van der Waals surface area contributed by atoms with E-state index in [1.165, 1.54) is 13.8 Å². The van der Waals surface area contributed by atoms with Crippen molar-refractivity contribution in [2.45, 2.75) is 53.4 Å². The molecule has 0 saturated carbocycles. The van der Waals surface area contributed by atoms with Crippen LogP contribution >= 0.6 is 0 Å². The minimum Gasteiger partial charge on any atom is -0.507 e. The van der Waals surface area contributed by atoms with Gasteiger partial charge in [0, 0.05) is 61.3 Å². The average Bonchev–Trinajstić information content (AvgIpc) is 2.84. The van der Waals surface area contributed by atoms with E-state index in [2.05, 4.69) is 0 Å². The van der Waals surface area contributed by atoms with Crippen LogP contribution in [0.1, 0.15) is 72.1 Å². The molecule has 0 spiro atoms. The zero-order chi connectivity index (χ0) is 28.5. The van der Waals surface area contributed by atoms with Crippen molar-refractivity contribution < 1.29 is 25.2 Å². The molecule has 9 nitrogen and oxygen atoms in total. The molecule has 2 aliphatic rings. The van der Waals surface area contributed by atoms with Crippen LogP contribution < -0.4 is 21.7 Å². The Balaban J connectivity index is 2.35. The van der Waals surface area contributed by atoms with Crippen molar-refractivity contribution in [2.24, 2.45) is 0 Å². The molecular weight excluding hydrogens is 492 g/mol.